The Hall–Kier alpha value is -0.0800. The lowest BCUT2D eigenvalue weighted by Gasteiger charge is -2.43. The Morgan fingerprint density at radius 1 is 1.05 bits per heavy atom. The third kappa shape index (κ3) is 3.06. The van der Waals surface area contributed by atoms with Crippen LogP contribution in [0.4, 0.5) is 0 Å². The number of hydrogen-bond donors (Lipinski definition) is 1. The van der Waals surface area contributed by atoms with Gasteiger partial charge in [-0.25, -0.2) is 0 Å². The molecule has 2 aliphatic carbocycles. The maximum absolute atomic E-state index is 6.71. The summed E-state index contributed by atoms with van der Waals surface area (Å²) in [4.78, 5) is 0. The van der Waals surface area contributed by atoms with E-state index in [4.69, 9.17) is 10.5 Å². The molecule has 116 valence electrons. The lowest BCUT2D eigenvalue weighted by molar-refractivity contribution is -0.0996. The lowest BCUT2D eigenvalue weighted by Crippen LogP contribution is -2.47. The molecule has 0 aromatic heterocycles. The molecule has 20 heavy (non-hydrogen) atoms. The van der Waals surface area contributed by atoms with E-state index >= 15 is 0 Å². The van der Waals surface area contributed by atoms with Gasteiger partial charge in [-0.05, 0) is 56.3 Å². The molecule has 1 aliphatic heterocycles. The highest BCUT2D eigenvalue weighted by atomic mass is 16.5. The fourth-order valence-corrected chi connectivity index (χ4v) is 5.13. The Labute approximate surface area is 124 Å². The number of ether oxygens (including phenoxy) is 1. The average molecular weight is 279 g/mol. The normalized spacial score (nSPS) is 39.0. The van der Waals surface area contributed by atoms with Crippen molar-refractivity contribution in [2.45, 2.75) is 89.2 Å². The number of rotatable bonds is 3. The molecule has 0 amide bonds. The lowest BCUT2D eigenvalue weighted by atomic mass is 9.71. The highest BCUT2D eigenvalue weighted by Crippen LogP contribution is 2.44. The van der Waals surface area contributed by atoms with E-state index in [0.717, 1.165) is 24.4 Å². The van der Waals surface area contributed by atoms with Crippen LogP contribution in [0.15, 0.2) is 0 Å². The molecular formula is C18H33NO. The molecule has 2 atom stereocenters. The summed E-state index contributed by atoms with van der Waals surface area (Å²) in [5.41, 5.74) is 6.94. The second-order valence-electron chi connectivity index (χ2n) is 7.76. The van der Waals surface area contributed by atoms with E-state index in [0.29, 0.717) is 6.04 Å². The summed E-state index contributed by atoms with van der Waals surface area (Å²) < 4.78 is 6.17. The van der Waals surface area contributed by atoms with Crippen LogP contribution >= 0.6 is 0 Å². The van der Waals surface area contributed by atoms with Gasteiger partial charge in [0.2, 0.25) is 0 Å². The molecule has 3 fully saturated rings. The van der Waals surface area contributed by atoms with Gasteiger partial charge in [-0.2, -0.15) is 0 Å². The largest absolute Gasteiger partial charge is 0.375 e. The third-order valence-corrected chi connectivity index (χ3v) is 6.60. The van der Waals surface area contributed by atoms with Crippen molar-refractivity contribution in [2.24, 2.45) is 23.5 Å². The second-order valence-corrected chi connectivity index (χ2v) is 7.76. The monoisotopic (exact) mass is 279 g/mol. The van der Waals surface area contributed by atoms with Crippen molar-refractivity contribution in [2.75, 3.05) is 6.61 Å². The van der Waals surface area contributed by atoms with E-state index < -0.39 is 0 Å². The molecule has 0 bridgehead atoms. The van der Waals surface area contributed by atoms with Crippen LogP contribution in [0.25, 0.3) is 0 Å². The first-order valence-electron chi connectivity index (χ1n) is 9.12. The van der Waals surface area contributed by atoms with Gasteiger partial charge in [0.05, 0.1) is 5.60 Å². The Kier molecular flexibility index (Phi) is 4.72. The van der Waals surface area contributed by atoms with Gasteiger partial charge < -0.3 is 10.5 Å². The van der Waals surface area contributed by atoms with E-state index in [1.54, 1.807) is 0 Å². The van der Waals surface area contributed by atoms with E-state index in [-0.39, 0.29) is 5.60 Å². The van der Waals surface area contributed by atoms with Crippen LogP contribution in [-0.4, -0.2) is 18.2 Å². The molecule has 2 saturated carbocycles. The summed E-state index contributed by atoms with van der Waals surface area (Å²) in [5.74, 6) is 2.50. The quantitative estimate of drug-likeness (QED) is 0.837. The Balaban J connectivity index is 1.55. The first-order chi connectivity index (χ1) is 9.72. The van der Waals surface area contributed by atoms with Crippen LogP contribution in [0.3, 0.4) is 0 Å². The van der Waals surface area contributed by atoms with Gasteiger partial charge in [-0.3, -0.25) is 0 Å². The molecule has 3 rings (SSSR count). The zero-order valence-electron chi connectivity index (χ0n) is 13.3. The minimum atomic E-state index is 0.237. The van der Waals surface area contributed by atoms with Crippen LogP contribution in [-0.2, 0) is 4.74 Å². The summed E-state index contributed by atoms with van der Waals surface area (Å²) in [6.07, 6.45) is 14.7. The highest BCUT2D eigenvalue weighted by Gasteiger charge is 2.42. The van der Waals surface area contributed by atoms with E-state index in [1.807, 2.05) is 0 Å². The molecule has 1 spiro atoms. The second kappa shape index (κ2) is 6.36. The van der Waals surface area contributed by atoms with Crippen LogP contribution in [0.2, 0.25) is 0 Å². The van der Waals surface area contributed by atoms with Crippen molar-refractivity contribution in [1.82, 2.24) is 0 Å². The first-order valence-corrected chi connectivity index (χ1v) is 9.12. The molecule has 2 heteroatoms. The number of hydrogen-bond acceptors (Lipinski definition) is 2. The van der Waals surface area contributed by atoms with Crippen molar-refractivity contribution in [3.05, 3.63) is 0 Å². The maximum atomic E-state index is 6.71. The third-order valence-electron chi connectivity index (χ3n) is 6.60. The van der Waals surface area contributed by atoms with Crippen molar-refractivity contribution >= 4 is 0 Å². The molecule has 1 saturated heterocycles. The SMILES string of the molecule is CCC1CCC(C(N)C2CCOC3(CCCC3)C2)CC1. The molecular weight excluding hydrogens is 246 g/mol. The van der Waals surface area contributed by atoms with Crippen LogP contribution in [0.1, 0.15) is 77.6 Å². The Morgan fingerprint density at radius 3 is 2.40 bits per heavy atom. The van der Waals surface area contributed by atoms with Crippen LogP contribution in [0, 0.1) is 17.8 Å². The van der Waals surface area contributed by atoms with Crippen molar-refractivity contribution in [3.8, 4) is 0 Å². The van der Waals surface area contributed by atoms with Gasteiger partial charge in [-0.15, -0.1) is 0 Å². The topological polar surface area (TPSA) is 35.2 Å². The fraction of sp³-hybridized carbons (Fsp3) is 1.00. The summed E-state index contributed by atoms with van der Waals surface area (Å²) in [7, 11) is 0. The minimum Gasteiger partial charge on any atom is -0.375 e. The molecule has 2 N–H and O–H groups in total. The van der Waals surface area contributed by atoms with Gasteiger partial charge in [0.15, 0.2) is 0 Å². The molecule has 0 radical (unpaired) electrons. The standard InChI is InChI=1S/C18H33NO/c1-2-14-5-7-15(8-6-14)17(19)16-9-12-20-18(13-16)10-3-4-11-18/h14-17H,2-13,19H2,1H3. The van der Waals surface area contributed by atoms with Crippen molar-refractivity contribution in [3.63, 3.8) is 0 Å². The predicted octanol–water partition coefficient (Wildman–Crippen LogP) is 4.27. The van der Waals surface area contributed by atoms with E-state index in [1.165, 1.54) is 70.6 Å². The van der Waals surface area contributed by atoms with Crippen LogP contribution < -0.4 is 5.73 Å². The minimum absolute atomic E-state index is 0.237. The summed E-state index contributed by atoms with van der Waals surface area (Å²) >= 11 is 0. The Bertz CT molecular complexity index is 303. The van der Waals surface area contributed by atoms with E-state index in [2.05, 4.69) is 6.92 Å². The molecule has 0 aromatic rings. The zero-order valence-corrected chi connectivity index (χ0v) is 13.3. The van der Waals surface area contributed by atoms with Crippen molar-refractivity contribution in [1.29, 1.82) is 0 Å². The van der Waals surface area contributed by atoms with Crippen LogP contribution in [0.5, 0.6) is 0 Å². The fourth-order valence-electron chi connectivity index (χ4n) is 5.13. The summed E-state index contributed by atoms with van der Waals surface area (Å²) in [6.45, 7) is 3.30. The van der Waals surface area contributed by atoms with E-state index in [9.17, 15) is 0 Å². The molecule has 2 unspecified atom stereocenters. The zero-order chi connectivity index (χ0) is 14.0. The smallest absolute Gasteiger partial charge is 0.0685 e. The van der Waals surface area contributed by atoms with Gasteiger partial charge in [-0.1, -0.05) is 39.0 Å². The predicted molar refractivity (Wildman–Crippen MR) is 83.6 cm³/mol. The number of nitrogens with two attached hydrogens (primary N) is 1. The maximum Gasteiger partial charge on any atom is 0.0685 e. The Morgan fingerprint density at radius 2 is 1.75 bits per heavy atom. The summed E-state index contributed by atoms with van der Waals surface area (Å²) in [6, 6.07) is 0.439. The highest BCUT2D eigenvalue weighted by molar-refractivity contribution is 4.95. The molecule has 1 heterocycles. The first kappa shape index (κ1) is 14.8. The van der Waals surface area contributed by atoms with Gasteiger partial charge in [0.25, 0.3) is 0 Å². The molecule has 0 aromatic carbocycles. The van der Waals surface area contributed by atoms with Gasteiger partial charge in [0.1, 0.15) is 0 Å². The van der Waals surface area contributed by atoms with Crippen molar-refractivity contribution < 1.29 is 4.74 Å². The van der Waals surface area contributed by atoms with Gasteiger partial charge >= 0.3 is 0 Å². The average Bonchev–Trinajstić information content (AvgIpc) is 2.94. The molecule has 2 nitrogen and oxygen atoms in total. The van der Waals surface area contributed by atoms with Gasteiger partial charge in [0, 0.05) is 12.6 Å². The molecule has 3 aliphatic rings. The summed E-state index contributed by atoms with van der Waals surface area (Å²) in [5, 5.41) is 0.